The molecule has 3 heterocycles. The molecule has 16 heavy (non-hydrogen) atoms. The van der Waals surface area contributed by atoms with Gasteiger partial charge < -0.3 is 9.22 Å². The average Bonchev–Trinajstić information content (AvgIpc) is 2.16. The second-order valence-electron chi connectivity index (χ2n) is 6.49. The number of quaternary nitrogens is 1. The summed E-state index contributed by atoms with van der Waals surface area (Å²) in [7, 11) is 0. The molecule has 2 bridgehead atoms. The number of rotatable bonds is 2. The molecule has 0 N–H and O–H groups in total. The van der Waals surface area contributed by atoms with Gasteiger partial charge in [0, 0.05) is 0 Å². The molecule has 0 aromatic heterocycles. The van der Waals surface area contributed by atoms with Crippen LogP contribution in [0.3, 0.4) is 0 Å². The highest BCUT2D eigenvalue weighted by Crippen LogP contribution is 2.33. The molecule has 0 aromatic carbocycles. The van der Waals surface area contributed by atoms with Crippen LogP contribution in [0.4, 0.5) is 0 Å². The van der Waals surface area contributed by atoms with Crippen LogP contribution in [0.5, 0.6) is 0 Å². The number of esters is 1. The third-order valence-electron chi connectivity index (χ3n) is 3.92. The summed E-state index contributed by atoms with van der Waals surface area (Å²) in [4.78, 5) is 11.9. The number of ether oxygens (including phenoxy) is 1. The zero-order valence-electron chi connectivity index (χ0n) is 10.8. The minimum absolute atomic E-state index is 0.0205. The van der Waals surface area contributed by atoms with Crippen LogP contribution in [0.15, 0.2) is 0 Å². The van der Waals surface area contributed by atoms with Crippen molar-refractivity contribution in [2.75, 3.05) is 26.2 Å². The molecule has 3 heteroatoms. The van der Waals surface area contributed by atoms with Crippen LogP contribution in [-0.4, -0.2) is 42.2 Å². The average molecular weight is 226 g/mol. The van der Waals surface area contributed by atoms with Crippen LogP contribution in [0.2, 0.25) is 0 Å². The standard InChI is InChI=1S/C13H24NO2/c1-13(2,3)16-12(15)10-14-7-4-11(5-8-14)6-9-14/h11H,4-10H2,1-3H3/q+1. The van der Waals surface area contributed by atoms with Crippen LogP contribution in [0.1, 0.15) is 40.0 Å². The van der Waals surface area contributed by atoms with Gasteiger partial charge in [0.25, 0.3) is 0 Å². The fourth-order valence-corrected chi connectivity index (χ4v) is 3.02. The van der Waals surface area contributed by atoms with E-state index < -0.39 is 0 Å². The van der Waals surface area contributed by atoms with E-state index in [-0.39, 0.29) is 11.6 Å². The first kappa shape index (κ1) is 11.9. The van der Waals surface area contributed by atoms with Gasteiger partial charge in [0.05, 0.1) is 19.6 Å². The van der Waals surface area contributed by atoms with Crippen molar-refractivity contribution in [3.05, 3.63) is 0 Å². The lowest BCUT2D eigenvalue weighted by atomic mass is 9.86. The number of hydrogen-bond acceptors (Lipinski definition) is 2. The van der Waals surface area contributed by atoms with Crippen LogP contribution in [-0.2, 0) is 9.53 Å². The van der Waals surface area contributed by atoms with Crippen molar-refractivity contribution in [1.29, 1.82) is 0 Å². The summed E-state index contributed by atoms with van der Waals surface area (Å²) in [5, 5.41) is 0. The molecule has 3 fully saturated rings. The van der Waals surface area contributed by atoms with E-state index in [9.17, 15) is 4.79 Å². The summed E-state index contributed by atoms with van der Waals surface area (Å²) in [5.74, 6) is 0.923. The van der Waals surface area contributed by atoms with E-state index in [1.807, 2.05) is 20.8 Å². The Kier molecular flexibility index (Phi) is 2.99. The van der Waals surface area contributed by atoms with Gasteiger partial charge >= 0.3 is 5.97 Å². The highest BCUT2D eigenvalue weighted by atomic mass is 16.6. The van der Waals surface area contributed by atoms with Crippen molar-refractivity contribution in [3.63, 3.8) is 0 Å². The van der Waals surface area contributed by atoms with Crippen molar-refractivity contribution in [3.8, 4) is 0 Å². The Morgan fingerprint density at radius 3 is 2.12 bits per heavy atom. The van der Waals surface area contributed by atoms with E-state index >= 15 is 0 Å². The summed E-state index contributed by atoms with van der Waals surface area (Å²) >= 11 is 0. The first-order valence-electron chi connectivity index (χ1n) is 6.46. The van der Waals surface area contributed by atoms with E-state index in [2.05, 4.69) is 0 Å². The fourth-order valence-electron chi connectivity index (χ4n) is 3.02. The van der Waals surface area contributed by atoms with Crippen molar-refractivity contribution in [2.24, 2.45) is 5.92 Å². The third-order valence-corrected chi connectivity index (χ3v) is 3.92. The van der Waals surface area contributed by atoms with E-state index in [4.69, 9.17) is 4.74 Å². The van der Waals surface area contributed by atoms with Crippen LogP contribution < -0.4 is 0 Å². The minimum Gasteiger partial charge on any atom is -0.456 e. The molecular formula is C13H24NO2+. The van der Waals surface area contributed by atoms with Crippen LogP contribution >= 0.6 is 0 Å². The van der Waals surface area contributed by atoms with Crippen molar-refractivity contribution >= 4 is 5.97 Å². The number of piperidine rings is 3. The number of fused-ring (bicyclic) bond motifs is 3. The maximum atomic E-state index is 11.9. The largest absolute Gasteiger partial charge is 0.456 e. The normalized spacial score (nSPS) is 33.8. The van der Waals surface area contributed by atoms with E-state index in [0.717, 1.165) is 10.4 Å². The molecule has 0 unspecified atom stereocenters. The zero-order valence-corrected chi connectivity index (χ0v) is 10.8. The highest BCUT2D eigenvalue weighted by molar-refractivity contribution is 5.71. The quantitative estimate of drug-likeness (QED) is 0.531. The van der Waals surface area contributed by atoms with Crippen molar-refractivity contribution in [2.45, 2.75) is 45.6 Å². The second kappa shape index (κ2) is 4.02. The van der Waals surface area contributed by atoms with E-state index in [0.29, 0.717) is 6.54 Å². The highest BCUT2D eigenvalue weighted by Gasteiger charge is 2.41. The molecule has 0 aromatic rings. The van der Waals surface area contributed by atoms with Crippen molar-refractivity contribution in [1.82, 2.24) is 0 Å². The molecule has 0 aliphatic carbocycles. The Morgan fingerprint density at radius 1 is 1.19 bits per heavy atom. The SMILES string of the molecule is CC(C)(C)OC(=O)C[N+]12CCC(CC1)CC2. The number of hydrogen-bond donors (Lipinski definition) is 0. The smallest absolute Gasteiger partial charge is 0.362 e. The molecule has 3 aliphatic heterocycles. The van der Waals surface area contributed by atoms with E-state index in [1.54, 1.807) is 0 Å². The molecule has 0 saturated carbocycles. The fraction of sp³-hybridized carbons (Fsp3) is 0.923. The molecule has 0 atom stereocenters. The molecule has 92 valence electrons. The van der Waals surface area contributed by atoms with Crippen LogP contribution in [0.25, 0.3) is 0 Å². The molecule has 3 nitrogen and oxygen atoms in total. The van der Waals surface area contributed by atoms with Gasteiger partial charge in [-0.2, -0.15) is 0 Å². The Labute approximate surface area is 98.4 Å². The van der Waals surface area contributed by atoms with Gasteiger partial charge in [0.1, 0.15) is 5.60 Å². The second-order valence-corrected chi connectivity index (χ2v) is 6.49. The van der Waals surface area contributed by atoms with Gasteiger partial charge in [-0.3, -0.25) is 0 Å². The van der Waals surface area contributed by atoms with Gasteiger partial charge in [-0.25, -0.2) is 4.79 Å². The number of nitrogens with zero attached hydrogens (tertiary/aromatic N) is 1. The lowest BCUT2D eigenvalue weighted by molar-refractivity contribution is -0.936. The van der Waals surface area contributed by atoms with Gasteiger partial charge in [0.2, 0.25) is 0 Å². The third kappa shape index (κ3) is 2.76. The summed E-state index contributed by atoms with van der Waals surface area (Å²) in [5.41, 5.74) is -0.344. The van der Waals surface area contributed by atoms with Gasteiger partial charge in [-0.1, -0.05) is 0 Å². The molecule has 0 spiro atoms. The molecule has 3 rings (SSSR count). The summed E-state index contributed by atoms with van der Waals surface area (Å²) in [6.45, 7) is 9.95. The summed E-state index contributed by atoms with van der Waals surface area (Å²) in [6.07, 6.45) is 3.92. The Morgan fingerprint density at radius 2 is 1.69 bits per heavy atom. The Balaban J connectivity index is 1.91. The monoisotopic (exact) mass is 226 g/mol. The van der Waals surface area contributed by atoms with Gasteiger partial charge in [0.15, 0.2) is 6.54 Å². The number of carbonyl (C=O) groups is 1. The summed E-state index contributed by atoms with van der Waals surface area (Å²) < 4.78 is 6.42. The molecule has 0 amide bonds. The minimum atomic E-state index is -0.344. The maximum absolute atomic E-state index is 11.9. The van der Waals surface area contributed by atoms with Gasteiger partial charge in [-0.15, -0.1) is 0 Å². The number of carbonyl (C=O) groups excluding carboxylic acids is 1. The van der Waals surface area contributed by atoms with Crippen LogP contribution in [0, 0.1) is 5.92 Å². The lowest BCUT2D eigenvalue weighted by Gasteiger charge is -2.48. The maximum Gasteiger partial charge on any atom is 0.362 e. The Hall–Kier alpha value is -0.570. The molecular weight excluding hydrogens is 202 g/mol. The van der Waals surface area contributed by atoms with E-state index in [1.165, 1.54) is 38.9 Å². The Bertz CT molecular complexity index is 258. The van der Waals surface area contributed by atoms with Gasteiger partial charge in [-0.05, 0) is 46.0 Å². The molecule has 0 radical (unpaired) electrons. The first-order chi connectivity index (χ1) is 7.39. The summed E-state index contributed by atoms with van der Waals surface area (Å²) in [6, 6.07) is 0. The molecule has 3 aliphatic rings. The zero-order chi connectivity index (χ0) is 11.8. The molecule has 3 saturated heterocycles. The predicted octanol–water partition coefficient (Wildman–Crippen LogP) is 1.96. The van der Waals surface area contributed by atoms with Crippen molar-refractivity contribution < 1.29 is 14.0 Å². The lowest BCUT2D eigenvalue weighted by Crippen LogP contribution is -2.60. The predicted molar refractivity (Wildman–Crippen MR) is 62.9 cm³/mol. The topological polar surface area (TPSA) is 26.3 Å². The first-order valence-corrected chi connectivity index (χ1v) is 6.46.